The lowest BCUT2D eigenvalue weighted by molar-refractivity contribution is -0.116. The Morgan fingerprint density at radius 1 is 1.08 bits per heavy atom. The summed E-state index contributed by atoms with van der Waals surface area (Å²) < 4.78 is 0. The minimum atomic E-state index is 0.0677. The smallest absolute Gasteiger partial charge is 0.225 e. The van der Waals surface area contributed by atoms with E-state index in [9.17, 15) is 4.79 Å². The molecule has 0 aliphatic carbocycles. The fourth-order valence-corrected chi connectivity index (χ4v) is 2.81. The molecule has 1 aliphatic rings. The van der Waals surface area contributed by atoms with Crippen LogP contribution < -0.4 is 10.2 Å². The van der Waals surface area contributed by atoms with Crippen molar-refractivity contribution in [2.75, 3.05) is 42.9 Å². The molecule has 6 nitrogen and oxygen atoms in total. The second kappa shape index (κ2) is 7.88. The van der Waals surface area contributed by atoms with Crippen molar-refractivity contribution in [1.29, 1.82) is 0 Å². The largest absolute Gasteiger partial charge is 0.338 e. The van der Waals surface area contributed by atoms with E-state index in [2.05, 4.69) is 25.1 Å². The third kappa shape index (κ3) is 4.29. The van der Waals surface area contributed by atoms with Crippen molar-refractivity contribution >= 4 is 17.5 Å². The summed E-state index contributed by atoms with van der Waals surface area (Å²) in [4.78, 5) is 25.2. The Morgan fingerprint density at radius 2 is 1.79 bits per heavy atom. The van der Waals surface area contributed by atoms with E-state index in [-0.39, 0.29) is 5.91 Å². The number of amides is 1. The van der Waals surface area contributed by atoms with Crippen LogP contribution in [-0.4, -0.2) is 53.5 Å². The van der Waals surface area contributed by atoms with E-state index in [0.717, 1.165) is 49.9 Å². The fourth-order valence-electron chi connectivity index (χ4n) is 2.81. The minimum Gasteiger partial charge on any atom is -0.338 e. The van der Waals surface area contributed by atoms with E-state index < -0.39 is 0 Å². The highest BCUT2D eigenvalue weighted by molar-refractivity contribution is 5.91. The summed E-state index contributed by atoms with van der Waals surface area (Å²) >= 11 is 0. The summed E-state index contributed by atoms with van der Waals surface area (Å²) in [6.07, 6.45) is 4.05. The van der Waals surface area contributed by atoms with Gasteiger partial charge in [-0.25, -0.2) is 9.97 Å². The maximum Gasteiger partial charge on any atom is 0.225 e. The number of piperazine rings is 1. The van der Waals surface area contributed by atoms with E-state index in [1.165, 1.54) is 0 Å². The number of hydrogen-bond acceptors (Lipinski definition) is 5. The summed E-state index contributed by atoms with van der Waals surface area (Å²) in [5.41, 5.74) is 1.98. The lowest BCUT2D eigenvalue weighted by atomic mass is 10.2. The monoisotopic (exact) mass is 325 g/mol. The number of hydrogen-bond donors (Lipinski definition) is 1. The number of nitrogens with one attached hydrogen (secondary N) is 1. The lowest BCUT2D eigenvalue weighted by Gasteiger charge is -2.34. The number of carbonyl (C=O) groups excluding carboxylic acids is 1. The molecule has 1 N–H and O–H groups in total. The zero-order chi connectivity index (χ0) is 16.8. The van der Waals surface area contributed by atoms with Gasteiger partial charge in [-0.2, -0.15) is 0 Å². The van der Waals surface area contributed by atoms with Crippen molar-refractivity contribution in [1.82, 2.24) is 14.9 Å². The first kappa shape index (κ1) is 16.4. The molecular weight excluding hydrogens is 302 g/mol. The van der Waals surface area contributed by atoms with Crippen LogP contribution in [0.4, 0.5) is 11.6 Å². The van der Waals surface area contributed by atoms with Crippen molar-refractivity contribution in [2.45, 2.75) is 13.3 Å². The number of rotatable bonds is 5. The second-order valence-corrected chi connectivity index (χ2v) is 5.99. The normalized spacial score (nSPS) is 15.3. The Bertz CT molecular complexity index is 668. The van der Waals surface area contributed by atoms with Crippen LogP contribution >= 0.6 is 0 Å². The molecule has 0 atom stereocenters. The van der Waals surface area contributed by atoms with Crippen LogP contribution in [0.25, 0.3) is 0 Å². The molecule has 3 rings (SSSR count). The number of aromatic nitrogens is 2. The van der Waals surface area contributed by atoms with Gasteiger partial charge in [0.1, 0.15) is 0 Å². The first-order valence-corrected chi connectivity index (χ1v) is 8.32. The molecule has 0 radical (unpaired) electrons. The summed E-state index contributed by atoms with van der Waals surface area (Å²) in [6, 6.07) is 9.67. The fraction of sp³-hybridized carbons (Fsp3) is 0.389. The number of aryl methyl sites for hydroxylation is 1. The maximum absolute atomic E-state index is 12.1. The number of benzene rings is 1. The van der Waals surface area contributed by atoms with Gasteiger partial charge in [0.05, 0.1) is 0 Å². The van der Waals surface area contributed by atoms with Gasteiger partial charge in [-0.1, -0.05) is 18.2 Å². The molecule has 2 heterocycles. The van der Waals surface area contributed by atoms with Crippen molar-refractivity contribution < 1.29 is 4.79 Å². The van der Waals surface area contributed by atoms with Gasteiger partial charge in [0.15, 0.2) is 0 Å². The van der Waals surface area contributed by atoms with E-state index in [1.807, 2.05) is 37.3 Å². The number of anilines is 2. The average molecular weight is 325 g/mol. The molecule has 0 saturated carbocycles. The molecular formula is C18H23N5O. The molecule has 6 heteroatoms. The van der Waals surface area contributed by atoms with Crippen LogP contribution in [0.2, 0.25) is 0 Å². The predicted molar refractivity (Wildman–Crippen MR) is 95.1 cm³/mol. The Kier molecular flexibility index (Phi) is 5.38. The Labute approximate surface area is 142 Å². The number of para-hydroxylation sites is 1. The third-order valence-electron chi connectivity index (χ3n) is 4.28. The van der Waals surface area contributed by atoms with E-state index in [4.69, 9.17) is 0 Å². The SMILES string of the molecule is Cc1ccccc1NC(=O)CCN1CCN(c2ncccn2)CC1. The van der Waals surface area contributed by atoms with Crippen LogP contribution in [-0.2, 0) is 4.79 Å². The Balaban J connectivity index is 1.42. The first-order valence-electron chi connectivity index (χ1n) is 8.32. The van der Waals surface area contributed by atoms with Gasteiger partial charge in [0.25, 0.3) is 0 Å². The lowest BCUT2D eigenvalue weighted by Crippen LogP contribution is -2.47. The molecule has 0 unspecified atom stereocenters. The molecule has 1 aliphatic heterocycles. The molecule has 1 aromatic carbocycles. The summed E-state index contributed by atoms with van der Waals surface area (Å²) in [7, 11) is 0. The van der Waals surface area contributed by atoms with Gasteiger partial charge < -0.3 is 10.2 Å². The highest BCUT2D eigenvalue weighted by Crippen LogP contribution is 2.14. The third-order valence-corrected chi connectivity index (χ3v) is 4.28. The standard InChI is InChI=1S/C18H23N5O/c1-15-5-2-3-6-16(15)21-17(24)7-10-22-11-13-23(14-12-22)18-19-8-4-9-20-18/h2-6,8-9H,7,10-14H2,1H3,(H,21,24). The molecule has 2 aromatic rings. The first-order chi connectivity index (χ1) is 11.7. The van der Waals surface area contributed by atoms with Gasteiger partial charge in [-0.3, -0.25) is 9.69 Å². The van der Waals surface area contributed by atoms with Crippen molar-refractivity contribution in [3.05, 3.63) is 48.3 Å². The highest BCUT2D eigenvalue weighted by Gasteiger charge is 2.19. The molecule has 1 fully saturated rings. The number of nitrogens with zero attached hydrogens (tertiary/aromatic N) is 4. The van der Waals surface area contributed by atoms with Gasteiger partial charge in [0, 0.05) is 57.2 Å². The van der Waals surface area contributed by atoms with Gasteiger partial charge >= 0.3 is 0 Å². The molecule has 0 spiro atoms. The van der Waals surface area contributed by atoms with Crippen molar-refractivity contribution in [3.63, 3.8) is 0 Å². The molecule has 24 heavy (non-hydrogen) atoms. The zero-order valence-electron chi connectivity index (χ0n) is 14.0. The quantitative estimate of drug-likeness (QED) is 0.910. The second-order valence-electron chi connectivity index (χ2n) is 5.99. The molecule has 0 bridgehead atoms. The Hall–Kier alpha value is -2.47. The van der Waals surface area contributed by atoms with Gasteiger partial charge in [-0.15, -0.1) is 0 Å². The number of carbonyl (C=O) groups is 1. The van der Waals surface area contributed by atoms with Crippen LogP contribution in [0.15, 0.2) is 42.7 Å². The maximum atomic E-state index is 12.1. The summed E-state index contributed by atoms with van der Waals surface area (Å²) in [6.45, 7) is 6.42. The Morgan fingerprint density at radius 3 is 2.50 bits per heavy atom. The summed E-state index contributed by atoms with van der Waals surface area (Å²) in [5, 5.41) is 2.99. The van der Waals surface area contributed by atoms with E-state index in [1.54, 1.807) is 12.4 Å². The topological polar surface area (TPSA) is 61.4 Å². The molecule has 1 saturated heterocycles. The molecule has 126 valence electrons. The van der Waals surface area contributed by atoms with Crippen LogP contribution in [0.1, 0.15) is 12.0 Å². The van der Waals surface area contributed by atoms with Gasteiger partial charge in [0.2, 0.25) is 11.9 Å². The summed E-state index contributed by atoms with van der Waals surface area (Å²) in [5.74, 6) is 0.854. The molecule has 1 aromatic heterocycles. The predicted octanol–water partition coefficient (Wildman–Crippen LogP) is 1.94. The average Bonchev–Trinajstić information content (AvgIpc) is 2.63. The van der Waals surface area contributed by atoms with Gasteiger partial charge in [-0.05, 0) is 24.6 Å². The van der Waals surface area contributed by atoms with Crippen LogP contribution in [0.3, 0.4) is 0 Å². The molecule has 1 amide bonds. The van der Waals surface area contributed by atoms with Crippen LogP contribution in [0, 0.1) is 6.92 Å². The van der Waals surface area contributed by atoms with Crippen LogP contribution in [0.5, 0.6) is 0 Å². The minimum absolute atomic E-state index is 0.0677. The zero-order valence-corrected chi connectivity index (χ0v) is 14.0. The highest BCUT2D eigenvalue weighted by atomic mass is 16.1. The van der Waals surface area contributed by atoms with Crippen molar-refractivity contribution in [3.8, 4) is 0 Å². The van der Waals surface area contributed by atoms with E-state index in [0.29, 0.717) is 6.42 Å². The van der Waals surface area contributed by atoms with Crippen molar-refractivity contribution in [2.24, 2.45) is 0 Å². The van der Waals surface area contributed by atoms with E-state index >= 15 is 0 Å².